The molecule has 0 heterocycles. The molecule has 0 aromatic heterocycles. The molecule has 1 rings (SSSR count). The lowest BCUT2D eigenvalue weighted by Gasteiger charge is -2.11. The fourth-order valence-electron chi connectivity index (χ4n) is 1.62. The number of unbranched alkanes of at least 4 members (excludes halogenated alkanes) is 2. The lowest BCUT2D eigenvalue weighted by atomic mass is 9.99. The van der Waals surface area contributed by atoms with Gasteiger partial charge in [-0.05, 0) is 19.3 Å². The van der Waals surface area contributed by atoms with Crippen molar-refractivity contribution in [1.29, 1.82) is 0 Å². The van der Waals surface area contributed by atoms with Crippen LogP contribution >= 0.6 is 0 Å². The minimum Gasteiger partial charge on any atom is -0.435 e. The Kier molecular flexibility index (Phi) is 3.52. The molecule has 0 N–H and O–H groups in total. The second kappa shape index (κ2) is 4.45. The molecule has 0 atom stereocenters. The van der Waals surface area contributed by atoms with Gasteiger partial charge in [0.05, 0.1) is 11.7 Å². The van der Waals surface area contributed by atoms with E-state index >= 15 is 0 Å². The van der Waals surface area contributed by atoms with Crippen LogP contribution in [0.4, 0.5) is 0 Å². The Morgan fingerprint density at radius 2 is 2.23 bits per heavy atom. The summed E-state index contributed by atoms with van der Waals surface area (Å²) in [7, 11) is 0. The fraction of sp³-hybridized carbons (Fsp3) is 0.727. The molecular formula is C11H18O2. The molecule has 0 aromatic carbocycles. The SMILES string of the molecule is C=COC(=O)C1(CCCCC)CC1. The summed E-state index contributed by atoms with van der Waals surface area (Å²) in [6, 6.07) is 0. The smallest absolute Gasteiger partial charge is 0.316 e. The van der Waals surface area contributed by atoms with Crippen LogP contribution in [0.15, 0.2) is 12.8 Å². The number of carbonyl (C=O) groups is 1. The zero-order chi connectivity index (χ0) is 9.73. The van der Waals surface area contributed by atoms with E-state index in [1.54, 1.807) is 0 Å². The molecular weight excluding hydrogens is 164 g/mol. The van der Waals surface area contributed by atoms with E-state index in [4.69, 9.17) is 4.74 Å². The third-order valence-electron chi connectivity index (χ3n) is 2.74. The quantitative estimate of drug-likeness (QED) is 0.358. The van der Waals surface area contributed by atoms with Gasteiger partial charge < -0.3 is 4.74 Å². The molecule has 0 amide bonds. The Morgan fingerprint density at radius 3 is 2.69 bits per heavy atom. The minimum atomic E-state index is -0.122. The molecule has 74 valence electrons. The van der Waals surface area contributed by atoms with Gasteiger partial charge in [0.25, 0.3) is 0 Å². The largest absolute Gasteiger partial charge is 0.435 e. The maximum Gasteiger partial charge on any atom is 0.316 e. The molecule has 1 aliphatic rings. The van der Waals surface area contributed by atoms with Crippen molar-refractivity contribution in [3.8, 4) is 0 Å². The van der Waals surface area contributed by atoms with Crippen LogP contribution in [0.5, 0.6) is 0 Å². The maximum atomic E-state index is 11.4. The summed E-state index contributed by atoms with van der Waals surface area (Å²) in [5.41, 5.74) is -0.122. The molecule has 2 nitrogen and oxygen atoms in total. The highest BCUT2D eigenvalue weighted by atomic mass is 16.5. The molecule has 13 heavy (non-hydrogen) atoms. The number of hydrogen-bond donors (Lipinski definition) is 0. The Bertz CT molecular complexity index is 192. The van der Waals surface area contributed by atoms with Gasteiger partial charge in [0, 0.05) is 0 Å². The normalized spacial score (nSPS) is 17.9. The molecule has 0 bridgehead atoms. The van der Waals surface area contributed by atoms with E-state index in [1.807, 2.05) is 0 Å². The zero-order valence-corrected chi connectivity index (χ0v) is 8.34. The first kappa shape index (κ1) is 10.3. The first-order valence-corrected chi connectivity index (χ1v) is 5.07. The van der Waals surface area contributed by atoms with Gasteiger partial charge in [0.15, 0.2) is 0 Å². The lowest BCUT2D eigenvalue weighted by Crippen LogP contribution is -2.16. The standard InChI is InChI=1S/C11H18O2/c1-3-5-6-7-11(8-9-11)10(12)13-4-2/h4H,2-3,5-9H2,1H3. The number of ether oxygens (including phenoxy) is 1. The predicted molar refractivity (Wildman–Crippen MR) is 52.1 cm³/mol. The number of carbonyl (C=O) groups excluding carboxylic acids is 1. The van der Waals surface area contributed by atoms with Crippen molar-refractivity contribution in [3.63, 3.8) is 0 Å². The van der Waals surface area contributed by atoms with E-state index in [9.17, 15) is 4.79 Å². The van der Waals surface area contributed by atoms with Crippen molar-refractivity contribution >= 4 is 5.97 Å². The highest BCUT2D eigenvalue weighted by Crippen LogP contribution is 2.50. The topological polar surface area (TPSA) is 26.3 Å². The minimum absolute atomic E-state index is 0.0707. The van der Waals surface area contributed by atoms with Gasteiger partial charge in [-0.1, -0.05) is 32.8 Å². The van der Waals surface area contributed by atoms with Crippen molar-refractivity contribution in [2.45, 2.75) is 45.4 Å². The highest BCUT2D eigenvalue weighted by Gasteiger charge is 2.50. The summed E-state index contributed by atoms with van der Waals surface area (Å²) in [4.78, 5) is 11.4. The molecule has 0 spiro atoms. The third-order valence-corrected chi connectivity index (χ3v) is 2.74. The second-order valence-corrected chi connectivity index (χ2v) is 3.81. The van der Waals surface area contributed by atoms with E-state index in [1.165, 1.54) is 19.1 Å². The van der Waals surface area contributed by atoms with Crippen molar-refractivity contribution in [2.24, 2.45) is 5.41 Å². The summed E-state index contributed by atoms with van der Waals surface area (Å²) < 4.78 is 4.82. The van der Waals surface area contributed by atoms with Crippen LogP contribution in [-0.4, -0.2) is 5.97 Å². The average Bonchev–Trinajstić information content (AvgIpc) is 2.87. The summed E-state index contributed by atoms with van der Waals surface area (Å²) in [6.07, 6.45) is 7.79. The molecule has 0 radical (unpaired) electrons. The maximum absolute atomic E-state index is 11.4. The van der Waals surface area contributed by atoms with Crippen molar-refractivity contribution < 1.29 is 9.53 Å². The van der Waals surface area contributed by atoms with E-state index < -0.39 is 0 Å². The van der Waals surface area contributed by atoms with Gasteiger partial charge in [-0.25, -0.2) is 0 Å². The first-order valence-electron chi connectivity index (χ1n) is 5.07. The summed E-state index contributed by atoms with van der Waals surface area (Å²) in [6.45, 7) is 5.56. The van der Waals surface area contributed by atoms with E-state index in [-0.39, 0.29) is 11.4 Å². The number of hydrogen-bond acceptors (Lipinski definition) is 2. The zero-order valence-electron chi connectivity index (χ0n) is 8.34. The van der Waals surface area contributed by atoms with Gasteiger partial charge in [0.2, 0.25) is 0 Å². The molecule has 1 saturated carbocycles. The summed E-state index contributed by atoms with van der Waals surface area (Å²) >= 11 is 0. The van der Waals surface area contributed by atoms with Gasteiger partial charge in [0.1, 0.15) is 0 Å². The van der Waals surface area contributed by atoms with Crippen molar-refractivity contribution in [2.75, 3.05) is 0 Å². The summed E-state index contributed by atoms with van der Waals surface area (Å²) in [5.74, 6) is -0.0707. The average molecular weight is 182 g/mol. The first-order chi connectivity index (χ1) is 6.25. The third kappa shape index (κ3) is 2.58. The van der Waals surface area contributed by atoms with Crippen LogP contribution in [0.2, 0.25) is 0 Å². The van der Waals surface area contributed by atoms with E-state index in [0.29, 0.717) is 0 Å². The molecule has 0 unspecified atom stereocenters. The number of esters is 1. The molecule has 0 aromatic rings. The van der Waals surface area contributed by atoms with Crippen LogP contribution < -0.4 is 0 Å². The Labute approximate surface area is 80.0 Å². The molecule has 0 aliphatic heterocycles. The van der Waals surface area contributed by atoms with Gasteiger partial charge in [-0.15, -0.1) is 0 Å². The monoisotopic (exact) mass is 182 g/mol. The van der Waals surface area contributed by atoms with E-state index in [2.05, 4.69) is 13.5 Å². The molecule has 2 heteroatoms. The Morgan fingerprint density at radius 1 is 1.54 bits per heavy atom. The van der Waals surface area contributed by atoms with Crippen LogP contribution in [0, 0.1) is 5.41 Å². The second-order valence-electron chi connectivity index (χ2n) is 3.81. The molecule has 0 saturated heterocycles. The highest BCUT2D eigenvalue weighted by molar-refractivity contribution is 5.80. The fourth-order valence-corrected chi connectivity index (χ4v) is 1.62. The Hall–Kier alpha value is -0.790. The van der Waals surface area contributed by atoms with Crippen LogP contribution in [0.3, 0.4) is 0 Å². The van der Waals surface area contributed by atoms with Crippen LogP contribution in [0.25, 0.3) is 0 Å². The summed E-state index contributed by atoms with van der Waals surface area (Å²) in [5, 5.41) is 0. The van der Waals surface area contributed by atoms with Gasteiger partial charge in [-0.3, -0.25) is 4.79 Å². The van der Waals surface area contributed by atoms with Crippen LogP contribution in [0.1, 0.15) is 45.4 Å². The van der Waals surface area contributed by atoms with Gasteiger partial charge in [-0.2, -0.15) is 0 Å². The number of rotatable bonds is 6. The van der Waals surface area contributed by atoms with E-state index in [0.717, 1.165) is 25.7 Å². The van der Waals surface area contributed by atoms with Gasteiger partial charge >= 0.3 is 5.97 Å². The molecule has 1 aliphatic carbocycles. The lowest BCUT2D eigenvalue weighted by molar-refractivity contribution is -0.144. The van der Waals surface area contributed by atoms with Crippen molar-refractivity contribution in [1.82, 2.24) is 0 Å². The van der Waals surface area contributed by atoms with Crippen LogP contribution in [-0.2, 0) is 9.53 Å². The predicted octanol–water partition coefficient (Wildman–Crippen LogP) is 3.03. The Balaban J connectivity index is 2.29. The van der Waals surface area contributed by atoms with Crippen molar-refractivity contribution in [3.05, 3.63) is 12.8 Å². The molecule has 1 fully saturated rings.